The number of carbonyl (C=O) groups is 1. The molecular formula is C21H40NNaO2. The number of hydrogen-bond donors (Lipinski definition) is 0. The Labute approximate surface area is 178 Å². The standard InChI is InChI=1S/C21H41NO2.Na/c1-3-4-5-6-7-8-9-10-11-12-13-14-15-16-17-18-19-22(2)20-21(23)24;/h10-11H,3-9,12-20H2,1-2H3,(H,23,24);/q;+1/p-1. The van der Waals surface area contributed by atoms with Crippen LogP contribution < -0.4 is 34.7 Å². The molecule has 0 radical (unpaired) electrons. The quantitative estimate of drug-likeness (QED) is 0.212. The summed E-state index contributed by atoms with van der Waals surface area (Å²) in [7, 11) is 1.84. The molecule has 0 spiro atoms. The van der Waals surface area contributed by atoms with Gasteiger partial charge in [-0.3, -0.25) is 0 Å². The Balaban J connectivity index is 0. The maximum Gasteiger partial charge on any atom is 1.00 e. The van der Waals surface area contributed by atoms with Crippen LogP contribution in [0.15, 0.2) is 12.2 Å². The first-order valence-electron chi connectivity index (χ1n) is 10.2. The van der Waals surface area contributed by atoms with Crippen LogP contribution >= 0.6 is 0 Å². The molecule has 0 aromatic heterocycles. The van der Waals surface area contributed by atoms with Gasteiger partial charge in [-0.25, -0.2) is 0 Å². The van der Waals surface area contributed by atoms with E-state index in [0.29, 0.717) is 0 Å². The van der Waals surface area contributed by atoms with E-state index in [1.54, 1.807) is 0 Å². The minimum Gasteiger partial charge on any atom is -0.549 e. The minimum atomic E-state index is -0.984. The van der Waals surface area contributed by atoms with Gasteiger partial charge in [0.2, 0.25) is 0 Å². The molecule has 0 N–H and O–H groups in total. The molecule has 0 aliphatic carbocycles. The number of likely N-dealkylation sites (N-methyl/N-ethyl adjacent to an activating group) is 1. The maximum atomic E-state index is 10.4. The molecule has 142 valence electrons. The Hall–Kier alpha value is 0.170. The summed E-state index contributed by atoms with van der Waals surface area (Å²) >= 11 is 0. The fourth-order valence-electron chi connectivity index (χ4n) is 2.93. The number of hydrogen-bond acceptors (Lipinski definition) is 3. The van der Waals surface area contributed by atoms with E-state index >= 15 is 0 Å². The third-order valence-electron chi connectivity index (χ3n) is 4.45. The summed E-state index contributed by atoms with van der Waals surface area (Å²) in [5.74, 6) is -0.984. The first kappa shape index (κ1) is 27.4. The van der Waals surface area contributed by atoms with Crippen molar-refractivity contribution in [2.75, 3.05) is 20.1 Å². The van der Waals surface area contributed by atoms with Crippen molar-refractivity contribution in [2.45, 2.75) is 96.8 Å². The summed E-state index contributed by atoms with van der Waals surface area (Å²) in [6.45, 7) is 3.17. The molecule has 3 nitrogen and oxygen atoms in total. The average Bonchev–Trinajstić information content (AvgIpc) is 2.53. The zero-order chi connectivity index (χ0) is 17.9. The summed E-state index contributed by atoms with van der Waals surface area (Å²) < 4.78 is 0. The predicted molar refractivity (Wildman–Crippen MR) is 102 cm³/mol. The summed E-state index contributed by atoms with van der Waals surface area (Å²) in [6, 6.07) is 0. The zero-order valence-electron chi connectivity index (χ0n) is 17.2. The molecule has 0 aromatic carbocycles. The molecule has 25 heavy (non-hydrogen) atoms. The largest absolute Gasteiger partial charge is 1.00 e. The summed E-state index contributed by atoms with van der Waals surface area (Å²) in [6.07, 6.45) is 23.0. The Morgan fingerprint density at radius 1 is 0.800 bits per heavy atom. The molecule has 4 heteroatoms. The molecule has 0 fully saturated rings. The van der Waals surface area contributed by atoms with Crippen molar-refractivity contribution in [3.63, 3.8) is 0 Å². The molecule has 0 heterocycles. The van der Waals surface area contributed by atoms with Gasteiger partial charge in [0.15, 0.2) is 0 Å². The van der Waals surface area contributed by atoms with Gasteiger partial charge in [0.05, 0.1) is 5.97 Å². The summed E-state index contributed by atoms with van der Waals surface area (Å²) in [4.78, 5) is 12.2. The van der Waals surface area contributed by atoms with Crippen LogP contribution in [0.3, 0.4) is 0 Å². The second kappa shape index (κ2) is 22.2. The number of allylic oxidation sites excluding steroid dienone is 2. The van der Waals surface area contributed by atoms with Crippen molar-refractivity contribution in [2.24, 2.45) is 0 Å². The molecule has 0 atom stereocenters. The number of nitrogens with zero attached hydrogens (tertiary/aromatic N) is 1. The Bertz CT molecular complexity index is 308. The van der Waals surface area contributed by atoms with Gasteiger partial charge in [0.1, 0.15) is 0 Å². The van der Waals surface area contributed by atoms with E-state index in [-0.39, 0.29) is 36.1 Å². The van der Waals surface area contributed by atoms with E-state index in [2.05, 4.69) is 19.1 Å². The van der Waals surface area contributed by atoms with Crippen molar-refractivity contribution < 1.29 is 39.5 Å². The molecule has 0 bridgehead atoms. The molecule has 0 aromatic rings. The molecule has 0 unspecified atom stereocenters. The molecule has 0 amide bonds. The third kappa shape index (κ3) is 24.2. The summed E-state index contributed by atoms with van der Waals surface area (Å²) in [5.41, 5.74) is 0. The van der Waals surface area contributed by atoms with Crippen molar-refractivity contribution in [3.8, 4) is 0 Å². The Kier molecular flexibility index (Phi) is 24.3. The first-order valence-corrected chi connectivity index (χ1v) is 10.2. The van der Waals surface area contributed by atoms with E-state index in [1.807, 2.05) is 11.9 Å². The van der Waals surface area contributed by atoms with Crippen LogP contribution in [0, 0.1) is 0 Å². The van der Waals surface area contributed by atoms with Crippen LogP contribution in [0.5, 0.6) is 0 Å². The molecule has 0 aliphatic rings. The molecule has 0 rings (SSSR count). The summed E-state index contributed by atoms with van der Waals surface area (Å²) in [5, 5.41) is 10.4. The fourth-order valence-corrected chi connectivity index (χ4v) is 2.93. The number of unbranched alkanes of at least 4 members (excludes halogenated alkanes) is 12. The van der Waals surface area contributed by atoms with Crippen molar-refractivity contribution in [1.82, 2.24) is 4.90 Å². The maximum absolute atomic E-state index is 10.4. The van der Waals surface area contributed by atoms with Gasteiger partial charge in [-0.15, -0.1) is 0 Å². The minimum absolute atomic E-state index is 0. The van der Waals surface area contributed by atoms with Gasteiger partial charge in [-0.2, -0.15) is 0 Å². The number of aliphatic carboxylic acids is 1. The van der Waals surface area contributed by atoms with Crippen LogP contribution in [0.2, 0.25) is 0 Å². The number of carboxylic acid groups (broad SMARTS) is 1. The number of carboxylic acids is 1. The SMILES string of the molecule is CCCCCCCCC=CCCCCCCCCN(C)CC(=O)[O-].[Na+]. The average molecular weight is 362 g/mol. The zero-order valence-corrected chi connectivity index (χ0v) is 19.2. The van der Waals surface area contributed by atoms with E-state index in [4.69, 9.17) is 0 Å². The Morgan fingerprint density at radius 2 is 1.24 bits per heavy atom. The second-order valence-electron chi connectivity index (χ2n) is 7.05. The molecule has 0 saturated carbocycles. The predicted octanol–water partition coefficient (Wildman–Crippen LogP) is 1.71. The monoisotopic (exact) mass is 361 g/mol. The second-order valence-corrected chi connectivity index (χ2v) is 7.05. The van der Waals surface area contributed by atoms with Gasteiger partial charge in [0, 0.05) is 6.54 Å². The number of carbonyl (C=O) groups excluding carboxylic acids is 1. The molecule has 0 aliphatic heterocycles. The van der Waals surface area contributed by atoms with Gasteiger partial charge in [-0.05, 0) is 45.7 Å². The van der Waals surface area contributed by atoms with Gasteiger partial charge < -0.3 is 14.8 Å². The van der Waals surface area contributed by atoms with E-state index < -0.39 is 5.97 Å². The molecular weight excluding hydrogens is 321 g/mol. The smallest absolute Gasteiger partial charge is 0.549 e. The van der Waals surface area contributed by atoms with Crippen molar-refractivity contribution >= 4 is 5.97 Å². The van der Waals surface area contributed by atoms with Gasteiger partial charge in [-0.1, -0.05) is 76.9 Å². The van der Waals surface area contributed by atoms with E-state index in [9.17, 15) is 9.90 Å². The normalized spacial score (nSPS) is 11.2. The topological polar surface area (TPSA) is 43.4 Å². The van der Waals surface area contributed by atoms with Crippen LogP contribution in [0.4, 0.5) is 0 Å². The van der Waals surface area contributed by atoms with E-state index in [0.717, 1.165) is 13.0 Å². The Morgan fingerprint density at radius 3 is 1.72 bits per heavy atom. The van der Waals surface area contributed by atoms with Gasteiger partial charge in [0.25, 0.3) is 0 Å². The van der Waals surface area contributed by atoms with Crippen LogP contribution in [0.1, 0.15) is 96.8 Å². The van der Waals surface area contributed by atoms with Crippen LogP contribution in [-0.4, -0.2) is 31.0 Å². The van der Waals surface area contributed by atoms with Crippen molar-refractivity contribution in [3.05, 3.63) is 12.2 Å². The van der Waals surface area contributed by atoms with Gasteiger partial charge >= 0.3 is 29.6 Å². The molecule has 0 saturated heterocycles. The first-order chi connectivity index (χ1) is 11.7. The number of rotatable bonds is 18. The van der Waals surface area contributed by atoms with Crippen LogP contribution in [-0.2, 0) is 4.79 Å². The third-order valence-corrected chi connectivity index (χ3v) is 4.45. The van der Waals surface area contributed by atoms with Crippen LogP contribution in [0.25, 0.3) is 0 Å². The fraction of sp³-hybridized carbons (Fsp3) is 0.857. The van der Waals surface area contributed by atoms with Crippen molar-refractivity contribution in [1.29, 1.82) is 0 Å². The van der Waals surface area contributed by atoms with E-state index in [1.165, 1.54) is 83.5 Å².